The fourth-order valence-corrected chi connectivity index (χ4v) is 2.70. The molecule has 7 heteroatoms. The molecular formula is C19H16ClN3O3. The lowest BCUT2D eigenvalue weighted by Crippen LogP contribution is -2.15. The molecule has 0 spiro atoms. The van der Waals surface area contributed by atoms with Crippen LogP contribution in [0.4, 0.5) is 11.4 Å². The maximum absolute atomic E-state index is 12.2. The molecule has 0 saturated carbocycles. The number of aryl methyl sites for hydroxylation is 2. The van der Waals surface area contributed by atoms with Gasteiger partial charge < -0.3 is 15.7 Å². The first-order valence-corrected chi connectivity index (χ1v) is 7.98. The second-order valence-electron chi connectivity index (χ2n) is 5.59. The number of amides is 1. The van der Waals surface area contributed by atoms with Crippen molar-refractivity contribution in [1.29, 1.82) is 5.26 Å². The van der Waals surface area contributed by atoms with Crippen molar-refractivity contribution in [3.63, 3.8) is 0 Å². The molecule has 6 nitrogen and oxygen atoms in total. The number of halogens is 1. The lowest BCUT2D eigenvalue weighted by molar-refractivity contribution is -0.112. The maximum Gasteiger partial charge on any atom is 0.335 e. The van der Waals surface area contributed by atoms with Gasteiger partial charge in [0.2, 0.25) is 0 Å². The second-order valence-corrected chi connectivity index (χ2v) is 6.00. The van der Waals surface area contributed by atoms with Crippen molar-refractivity contribution in [1.82, 2.24) is 0 Å². The van der Waals surface area contributed by atoms with E-state index in [9.17, 15) is 14.9 Å². The topological polar surface area (TPSA) is 102 Å². The Morgan fingerprint density at radius 1 is 1.23 bits per heavy atom. The number of aromatic carboxylic acids is 1. The number of hydrogen-bond acceptors (Lipinski definition) is 4. The molecule has 0 saturated heterocycles. The van der Waals surface area contributed by atoms with Crippen LogP contribution in [0, 0.1) is 25.2 Å². The van der Waals surface area contributed by atoms with Crippen LogP contribution in [-0.2, 0) is 4.79 Å². The van der Waals surface area contributed by atoms with Crippen LogP contribution >= 0.6 is 11.6 Å². The summed E-state index contributed by atoms with van der Waals surface area (Å²) in [7, 11) is 0. The van der Waals surface area contributed by atoms with E-state index >= 15 is 0 Å². The summed E-state index contributed by atoms with van der Waals surface area (Å²) >= 11 is 6.19. The Bertz CT molecular complexity index is 922. The highest BCUT2D eigenvalue weighted by Crippen LogP contribution is 2.27. The second kappa shape index (κ2) is 8.19. The first-order chi connectivity index (χ1) is 12.3. The van der Waals surface area contributed by atoms with Gasteiger partial charge in [0, 0.05) is 11.9 Å². The summed E-state index contributed by atoms with van der Waals surface area (Å²) in [6.07, 6.45) is 1.26. The average Bonchev–Trinajstić information content (AvgIpc) is 2.57. The zero-order valence-electron chi connectivity index (χ0n) is 14.1. The van der Waals surface area contributed by atoms with E-state index in [4.69, 9.17) is 16.7 Å². The molecule has 0 bridgehead atoms. The minimum Gasteiger partial charge on any atom is -0.478 e. The molecule has 0 aliphatic carbocycles. The molecule has 2 rings (SSSR count). The fraction of sp³-hybridized carbons (Fsp3) is 0.105. The highest BCUT2D eigenvalue weighted by atomic mass is 35.5. The van der Waals surface area contributed by atoms with Gasteiger partial charge in [0.05, 0.1) is 16.3 Å². The number of nitriles is 1. The molecule has 0 aliphatic rings. The van der Waals surface area contributed by atoms with Crippen LogP contribution in [0.25, 0.3) is 0 Å². The summed E-state index contributed by atoms with van der Waals surface area (Å²) in [5.41, 5.74) is 2.61. The predicted molar refractivity (Wildman–Crippen MR) is 100 cm³/mol. The van der Waals surface area contributed by atoms with Crippen molar-refractivity contribution >= 4 is 34.9 Å². The molecule has 0 aliphatic heterocycles. The molecule has 132 valence electrons. The Hall–Kier alpha value is -3.30. The van der Waals surface area contributed by atoms with Crippen molar-refractivity contribution in [2.24, 2.45) is 0 Å². The predicted octanol–water partition coefficient (Wildman–Crippen LogP) is 4.11. The molecule has 1 amide bonds. The largest absolute Gasteiger partial charge is 0.478 e. The third-order valence-electron chi connectivity index (χ3n) is 3.53. The number of carbonyl (C=O) groups is 2. The Labute approximate surface area is 155 Å². The van der Waals surface area contributed by atoms with Gasteiger partial charge in [-0.2, -0.15) is 5.26 Å². The summed E-state index contributed by atoms with van der Waals surface area (Å²) in [4.78, 5) is 23.2. The minimum absolute atomic E-state index is 0.0328. The van der Waals surface area contributed by atoms with Crippen LogP contribution < -0.4 is 10.6 Å². The Balaban J connectivity index is 2.19. The minimum atomic E-state index is -1.11. The van der Waals surface area contributed by atoms with E-state index in [0.717, 1.165) is 11.1 Å². The lowest BCUT2D eigenvalue weighted by atomic mass is 10.1. The van der Waals surface area contributed by atoms with Crippen LogP contribution in [0.3, 0.4) is 0 Å². The summed E-state index contributed by atoms with van der Waals surface area (Å²) in [6, 6.07) is 11.3. The van der Waals surface area contributed by atoms with Gasteiger partial charge in [-0.25, -0.2) is 4.79 Å². The van der Waals surface area contributed by atoms with Gasteiger partial charge in [-0.3, -0.25) is 4.79 Å². The number of carboxylic acid groups (broad SMARTS) is 1. The molecular weight excluding hydrogens is 354 g/mol. The number of nitrogens with one attached hydrogen (secondary N) is 2. The average molecular weight is 370 g/mol. The molecule has 0 unspecified atom stereocenters. The molecule has 0 aromatic heterocycles. The summed E-state index contributed by atoms with van der Waals surface area (Å²) in [5.74, 6) is -1.77. The number of rotatable bonds is 5. The zero-order valence-corrected chi connectivity index (χ0v) is 14.9. The molecule has 0 radical (unpaired) electrons. The molecule has 2 aromatic carbocycles. The lowest BCUT2D eigenvalue weighted by Gasteiger charge is -2.10. The SMILES string of the molecule is Cc1cc(C)c(N/C=C(/C#N)C(=O)Nc2cccc(C(=O)O)c2)c(Cl)c1. The van der Waals surface area contributed by atoms with Crippen LogP contribution in [0.15, 0.2) is 48.2 Å². The van der Waals surface area contributed by atoms with Gasteiger partial charge in [-0.15, -0.1) is 0 Å². The molecule has 0 atom stereocenters. The molecule has 0 heterocycles. The molecule has 0 fully saturated rings. The highest BCUT2D eigenvalue weighted by molar-refractivity contribution is 6.33. The molecule has 26 heavy (non-hydrogen) atoms. The normalized spacial score (nSPS) is 10.8. The van der Waals surface area contributed by atoms with E-state index in [0.29, 0.717) is 10.7 Å². The van der Waals surface area contributed by atoms with Crippen molar-refractivity contribution < 1.29 is 14.7 Å². The standard InChI is InChI=1S/C19H16ClN3O3/c1-11-6-12(2)17(16(20)7-11)22-10-14(9-21)18(24)23-15-5-3-4-13(8-15)19(25)26/h3-8,10,22H,1-2H3,(H,23,24)(H,25,26)/b14-10-. The number of carboxylic acids is 1. The summed E-state index contributed by atoms with van der Waals surface area (Å²) in [6.45, 7) is 3.77. The van der Waals surface area contributed by atoms with Gasteiger partial charge in [-0.05, 0) is 49.2 Å². The van der Waals surface area contributed by atoms with E-state index in [-0.39, 0.29) is 16.8 Å². The van der Waals surface area contributed by atoms with Gasteiger partial charge >= 0.3 is 5.97 Å². The van der Waals surface area contributed by atoms with Crippen LogP contribution in [-0.4, -0.2) is 17.0 Å². The van der Waals surface area contributed by atoms with Crippen LogP contribution in [0.5, 0.6) is 0 Å². The number of hydrogen-bond donors (Lipinski definition) is 3. The summed E-state index contributed by atoms with van der Waals surface area (Å²) < 4.78 is 0. The van der Waals surface area contributed by atoms with Crippen molar-refractivity contribution in [2.75, 3.05) is 10.6 Å². The van der Waals surface area contributed by atoms with Gasteiger partial charge in [0.1, 0.15) is 11.6 Å². The Morgan fingerprint density at radius 2 is 1.96 bits per heavy atom. The molecule has 2 aromatic rings. The van der Waals surface area contributed by atoms with Gasteiger partial charge in [0.25, 0.3) is 5.91 Å². The van der Waals surface area contributed by atoms with Crippen molar-refractivity contribution in [3.05, 3.63) is 69.9 Å². The Morgan fingerprint density at radius 3 is 2.58 bits per heavy atom. The smallest absolute Gasteiger partial charge is 0.335 e. The van der Waals surface area contributed by atoms with Crippen molar-refractivity contribution in [2.45, 2.75) is 13.8 Å². The zero-order chi connectivity index (χ0) is 19.3. The van der Waals surface area contributed by atoms with E-state index < -0.39 is 11.9 Å². The molecule has 3 N–H and O–H groups in total. The fourth-order valence-electron chi connectivity index (χ4n) is 2.32. The van der Waals surface area contributed by atoms with Gasteiger partial charge in [-0.1, -0.05) is 23.7 Å². The van der Waals surface area contributed by atoms with Gasteiger partial charge in [0.15, 0.2) is 0 Å². The third-order valence-corrected chi connectivity index (χ3v) is 3.82. The van der Waals surface area contributed by atoms with E-state index in [2.05, 4.69) is 10.6 Å². The quantitative estimate of drug-likeness (QED) is 0.543. The number of anilines is 2. The van der Waals surface area contributed by atoms with Crippen LogP contribution in [0.2, 0.25) is 5.02 Å². The van der Waals surface area contributed by atoms with Crippen molar-refractivity contribution in [3.8, 4) is 6.07 Å². The first-order valence-electron chi connectivity index (χ1n) is 7.60. The van der Waals surface area contributed by atoms with Crippen LogP contribution in [0.1, 0.15) is 21.5 Å². The third kappa shape index (κ3) is 4.62. The Kier molecular flexibility index (Phi) is 5.99. The highest BCUT2D eigenvalue weighted by Gasteiger charge is 2.12. The van der Waals surface area contributed by atoms with E-state index in [1.807, 2.05) is 26.0 Å². The van der Waals surface area contributed by atoms with E-state index in [1.54, 1.807) is 6.07 Å². The summed E-state index contributed by atoms with van der Waals surface area (Å²) in [5, 5.41) is 24.1. The first kappa shape index (κ1) is 19.0. The number of benzene rings is 2. The maximum atomic E-state index is 12.2. The van der Waals surface area contributed by atoms with E-state index in [1.165, 1.54) is 30.5 Å². The number of carbonyl (C=O) groups excluding carboxylic acids is 1. The number of nitrogens with zero attached hydrogens (tertiary/aromatic N) is 1. The monoisotopic (exact) mass is 369 g/mol.